The Morgan fingerprint density at radius 3 is 2.69 bits per heavy atom. The maximum absolute atomic E-state index is 8.53. The van der Waals surface area contributed by atoms with Crippen LogP contribution in [-0.2, 0) is 10.5 Å². The van der Waals surface area contributed by atoms with Gasteiger partial charge in [-0.05, 0) is 30.5 Å². The molecule has 2 nitrogen and oxygen atoms in total. The van der Waals surface area contributed by atoms with Crippen molar-refractivity contribution < 1.29 is 9.84 Å². The molecule has 1 aromatic rings. The van der Waals surface area contributed by atoms with Crippen LogP contribution in [0.15, 0.2) is 18.2 Å². The molecule has 0 fully saturated rings. The highest BCUT2D eigenvalue weighted by atomic mass is 32.2. The minimum absolute atomic E-state index is 0.113. The van der Waals surface area contributed by atoms with Gasteiger partial charge in [0.25, 0.3) is 0 Å². The molecule has 0 spiro atoms. The van der Waals surface area contributed by atoms with E-state index < -0.39 is 0 Å². The predicted octanol–water partition coefficient (Wildman–Crippen LogP) is 2.55. The molecule has 3 heteroatoms. The molecule has 90 valence electrons. The Bertz CT molecular complexity index is 313. The van der Waals surface area contributed by atoms with E-state index in [0.717, 1.165) is 18.1 Å². The molecule has 0 bridgehead atoms. The number of benzene rings is 1. The van der Waals surface area contributed by atoms with Crippen molar-refractivity contribution in [2.45, 2.75) is 19.6 Å². The molecule has 0 radical (unpaired) electrons. The fourth-order valence-electron chi connectivity index (χ4n) is 1.37. The Hall–Kier alpha value is -0.510. The van der Waals surface area contributed by atoms with Crippen molar-refractivity contribution in [3.8, 4) is 0 Å². The standard InChI is InChI=1S/C13H20O2S/c1-11-3-4-13(9-12(11)2)10-16-8-7-15-6-5-14/h3-4,9,14H,5-8,10H2,1-2H3. The lowest BCUT2D eigenvalue weighted by atomic mass is 10.1. The van der Waals surface area contributed by atoms with E-state index in [2.05, 4.69) is 32.0 Å². The van der Waals surface area contributed by atoms with Crippen LogP contribution in [0, 0.1) is 13.8 Å². The lowest BCUT2D eigenvalue weighted by molar-refractivity contribution is 0.103. The monoisotopic (exact) mass is 240 g/mol. The van der Waals surface area contributed by atoms with Gasteiger partial charge in [-0.25, -0.2) is 0 Å². The average Bonchev–Trinajstić information content (AvgIpc) is 2.28. The number of aryl methyl sites for hydroxylation is 2. The normalized spacial score (nSPS) is 10.7. The highest BCUT2D eigenvalue weighted by molar-refractivity contribution is 7.98. The second-order valence-corrected chi connectivity index (χ2v) is 4.91. The average molecular weight is 240 g/mol. The van der Waals surface area contributed by atoms with Gasteiger partial charge in [0.05, 0.1) is 19.8 Å². The zero-order valence-electron chi connectivity index (χ0n) is 10.0. The van der Waals surface area contributed by atoms with Crippen LogP contribution in [0.1, 0.15) is 16.7 Å². The first-order chi connectivity index (χ1) is 7.74. The first-order valence-corrected chi connectivity index (χ1v) is 6.72. The van der Waals surface area contributed by atoms with Gasteiger partial charge in [-0.1, -0.05) is 18.2 Å². The number of hydrogen-bond donors (Lipinski definition) is 1. The van der Waals surface area contributed by atoms with Gasteiger partial charge in [-0.15, -0.1) is 0 Å². The Morgan fingerprint density at radius 1 is 1.19 bits per heavy atom. The molecule has 0 saturated carbocycles. The van der Waals surface area contributed by atoms with Gasteiger partial charge in [-0.2, -0.15) is 11.8 Å². The first-order valence-electron chi connectivity index (χ1n) is 5.56. The topological polar surface area (TPSA) is 29.5 Å². The largest absolute Gasteiger partial charge is 0.394 e. The van der Waals surface area contributed by atoms with Crippen LogP contribution in [0.2, 0.25) is 0 Å². The minimum Gasteiger partial charge on any atom is -0.394 e. The van der Waals surface area contributed by atoms with Crippen molar-refractivity contribution in [2.75, 3.05) is 25.6 Å². The number of thioether (sulfide) groups is 1. The summed E-state index contributed by atoms with van der Waals surface area (Å²) in [5, 5.41) is 8.53. The summed E-state index contributed by atoms with van der Waals surface area (Å²) in [4.78, 5) is 0. The summed E-state index contributed by atoms with van der Waals surface area (Å²) in [7, 11) is 0. The SMILES string of the molecule is Cc1ccc(CSCCOCCO)cc1C. The van der Waals surface area contributed by atoms with Gasteiger partial charge < -0.3 is 9.84 Å². The predicted molar refractivity (Wildman–Crippen MR) is 70.0 cm³/mol. The second kappa shape index (κ2) is 7.71. The summed E-state index contributed by atoms with van der Waals surface area (Å²) in [6.45, 7) is 5.56. The maximum Gasteiger partial charge on any atom is 0.0698 e. The first kappa shape index (κ1) is 13.6. The van der Waals surface area contributed by atoms with Crippen LogP contribution in [0.4, 0.5) is 0 Å². The van der Waals surface area contributed by atoms with Crippen LogP contribution in [0.3, 0.4) is 0 Å². The Balaban J connectivity index is 2.19. The highest BCUT2D eigenvalue weighted by Gasteiger charge is 1.97. The van der Waals surface area contributed by atoms with Crippen LogP contribution in [0.25, 0.3) is 0 Å². The number of rotatable bonds is 7. The smallest absolute Gasteiger partial charge is 0.0698 e. The zero-order chi connectivity index (χ0) is 11.8. The van der Waals surface area contributed by atoms with Crippen LogP contribution in [0.5, 0.6) is 0 Å². The molecule has 0 amide bonds. The van der Waals surface area contributed by atoms with Crippen LogP contribution in [-0.4, -0.2) is 30.7 Å². The summed E-state index contributed by atoms with van der Waals surface area (Å²) in [6.07, 6.45) is 0. The number of aliphatic hydroxyl groups is 1. The molecule has 0 saturated heterocycles. The van der Waals surface area contributed by atoms with E-state index in [1.807, 2.05) is 11.8 Å². The number of ether oxygens (including phenoxy) is 1. The molecular weight excluding hydrogens is 220 g/mol. The third-order valence-electron chi connectivity index (χ3n) is 2.45. The van der Waals surface area contributed by atoms with E-state index in [9.17, 15) is 0 Å². The molecule has 0 aliphatic rings. The molecule has 16 heavy (non-hydrogen) atoms. The molecule has 0 unspecified atom stereocenters. The summed E-state index contributed by atoms with van der Waals surface area (Å²) in [5.74, 6) is 2.01. The van der Waals surface area contributed by atoms with Crippen molar-refractivity contribution >= 4 is 11.8 Å². The molecule has 0 aliphatic carbocycles. The molecule has 0 aromatic heterocycles. The molecule has 0 atom stereocenters. The van der Waals surface area contributed by atoms with Crippen LogP contribution >= 0.6 is 11.8 Å². The number of aliphatic hydroxyl groups excluding tert-OH is 1. The molecule has 0 heterocycles. The van der Waals surface area contributed by atoms with E-state index in [0.29, 0.717) is 6.61 Å². The summed E-state index contributed by atoms with van der Waals surface area (Å²) >= 11 is 1.86. The Morgan fingerprint density at radius 2 is 2.00 bits per heavy atom. The molecular formula is C13H20O2S. The van der Waals surface area contributed by atoms with Gasteiger partial charge >= 0.3 is 0 Å². The lowest BCUT2D eigenvalue weighted by Gasteiger charge is -2.05. The van der Waals surface area contributed by atoms with Gasteiger partial charge in [-0.3, -0.25) is 0 Å². The fraction of sp³-hybridized carbons (Fsp3) is 0.538. The summed E-state index contributed by atoms with van der Waals surface area (Å²) < 4.78 is 5.19. The molecule has 1 rings (SSSR count). The van der Waals surface area contributed by atoms with E-state index in [1.54, 1.807) is 0 Å². The fourth-order valence-corrected chi connectivity index (χ4v) is 2.16. The van der Waals surface area contributed by atoms with Crippen molar-refractivity contribution in [2.24, 2.45) is 0 Å². The van der Waals surface area contributed by atoms with Gasteiger partial charge in [0, 0.05) is 11.5 Å². The summed E-state index contributed by atoms with van der Waals surface area (Å²) in [5.41, 5.74) is 4.07. The van der Waals surface area contributed by atoms with Gasteiger partial charge in [0.1, 0.15) is 0 Å². The third-order valence-corrected chi connectivity index (χ3v) is 3.44. The van der Waals surface area contributed by atoms with E-state index in [1.165, 1.54) is 16.7 Å². The summed E-state index contributed by atoms with van der Waals surface area (Å²) in [6, 6.07) is 6.61. The Labute approximate surface area is 102 Å². The Kier molecular flexibility index (Phi) is 6.53. The highest BCUT2D eigenvalue weighted by Crippen LogP contribution is 2.15. The van der Waals surface area contributed by atoms with Crippen molar-refractivity contribution in [1.29, 1.82) is 0 Å². The van der Waals surface area contributed by atoms with Gasteiger partial charge in [0.2, 0.25) is 0 Å². The van der Waals surface area contributed by atoms with E-state index >= 15 is 0 Å². The minimum atomic E-state index is 0.113. The van der Waals surface area contributed by atoms with Crippen molar-refractivity contribution in [1.82, 2.24) is 0 Å². The zero-order valence-corrected chi connectivity index (χ0v) is 10.8. The van der Waals surface area contributed by atoms with Gasteiger partial charge in [0.15, 0.2) is 0 Å². The third kappa shape index (κ3) is 5.01. The lowest BCUT2D eigenvalue weighted by Crippen LogP contribution is -2.02. The van der Waals surface area contributed by atoms with Crippen molar-refractivity contribution in [3.63, 3.8) is 0 Å². The quantitative estimate of drug-likeness (QED) is 0.743. The molecule has 1 N–H and O–H groups in total. The van der Waals surface area contributed by atoms with Crippen LogP contribution < -0.4 is 0 Å². The van der Waals surface area contributed by atoms with E-state index in [4.69, 9.17) is 9.84 Å². The van der Waals surface area contributed by atoms with Crippen molar-refractivity contribution in [3.05, 3.63) is 34.9 Å². The molecule has 1 aromatic carbocycles. The number of hydrogen-bond acceptors (Lipinski definition) is 3. The second-order valence-electron chi connectivity index (χ2n) is 3.81. The molecule has 0 aliphatic heterocycles. The van der Waals surface area contributed by atoms with E-state index in [-0.39, 0.29) is 6.61 Å². The maximum atomic E-state index is 8.53.